The molecule has 0 spiro atoms. The third-order valence-electron chi connectivity index (χ3n) is 3.70. The van der Waals surface area contributed by atoms with E-state index in [2.05, 4.69) is 5.32 Å². The number of ether oxygens (including phenoxy) is 2. The molecular formula is C19H29NO5. The zero-order valence-electron chi connectivity index (χ0n) is 15.7. The highest BCUT2D eigenvalue weighted by Crippen LogP contribution is 2.15. The summed E-state index contributed by atoms with van der Waals surface area (Å²) >= 11 is 0. The lowest BCUT2D eigenvalue weighted by Gasteiger charge is -2.22. The highest BCUT2D eigenvalue weighted by molar-refractivity contribution is 5.84. The summed E-state index contributed by atoms with van der Waals surface area (Å²) < 4.78 is 10.6. The molecule has 2 atom stereocenters. The molecule has 0 radical (unpaired) electrons. The number of benzene rings is 1. The van der Waals surface area contributed by atoms with E-state index in [0.29, 0.717) is 6.42 Å². The second kappa shape index (κ2) is 9.42. The van der Waals surface area contributed by atoms with Gasteiger partial charge in [-0.2, -0.15) is 0 Å². The Kier molecular flexibility index (Phi) is 7.90. The molecule has 1 rings (SSSR count). The number of amides is 1. The zero-order chi connectivity index (χ0) is 19.0. The van der Waals surface area contributed by atoms with Gasteiger partial charge in [0, 0.05) is 18.9 Å². The van der Waals surface area contributed by atoms with E-state index in [1.807, 2.05) is 45.0 Å². The number of carboxylic acid groups (broad SMARTS) is 1. The number of rotatable bonds is 9. The molecule has 6 nitrogen and oxygen atoms in total. The Balaban J connectivity index is 2.55. The Labute approximate surface area is 149 Å². The largest absolute Gasteiger partial charge is 0.497 e. The molecule has 0 saturated heterocycles. The van der Waals surface area contributed by atoms with E-state index in [4.69, 9.17) is 9.47 Å². The van der Waals surface area contributed by atoms with Crippen molar-refractivity contribution in [3.05, 3.63) is 29.8 Å². The molecule has 0 aliphatic carbocycles. The molecule has 0 aliphatic heterocycles. The molecule has 0 fully saturated rings. The van der Waals surface area contributed by atoms with Crippen LogP contribution in [0.3, 0.4) is 0 Å². The monoisotopic (exact) mass is 351 g/mol. The molecule has 1 aromatic carbocycles. The van der Waals surface area contributed by atoms with E-state index < -0.39 is 12.0 Å². The predicted molar refractivity (Wildman–Crippen MR) is 95.8 cm³/mol. The second-order valence-electron chi connectivity index (χ2n) is 7.10. The molecule has 2 unspecified atom stereocenters. The quantitative estimate of drug-likeness (QED) is 0.714. The molecule has 1 aromatic rings. The fourth-order valence-electron chi connectivity index (χ4n) is 2.26. The van der Waals surface area contributed by atoms with Crippen molar-refractivity contribution >= 4 is 11.9 Å². The molecule has 1 amide bonds. The van der Waals surface area contributed by atoms with Gasteiger partial charge in [0.1, 0.15) is 11.8 Å². The molecule has 2 N–H and O–H groups in total. The molecule has 0 bridgehead atoms. The Morgan fingerprint density at radius 2 is 1.80 bits per heavy atom. The number of hydrogen-bond donors (Lipinski definition) is 2. The number of aliphatic carboxylic acids is 1. The van der Waals surface area contributed by atoms with Crippen LogP contribution >= 0.6 is 0 Å². The highest BCUT2D eigenvalue weighted by Gasteiger charge is 2.23. The van der Waals surface area contributed by atoms with Gasteiger partial charge in [-0.15, -0.1) is 0 Å². The third-order valence-corrected chi connectivity index (χ3v) is 3.70. The van der Waals surface area contributed by atoms with Crippen LogP contribution in [0.5, 0.6) is 5.75 Å². The predicted octanol–water partition coefficient (Wildman–Crippen LogP) is 2.65. The van der Waals surface area contributed by atoms with Gasteiger partial charge in [0.05, 0.1) is 12.7 Å². The van der Waals surface area contributed by atoms with Gasteiger partial charge in [-0.3, -0.25) is 4.79 Å². The van der Waals surface area contributed by atoms with Crippen molar-refractivity contribution in [3.63, 3.8) is 0 Å². The van der Waals surface area contributed by atoms with Crippen LogP contribution < -0.4 is 10.1 Å². The normalized spacial score (nSPS) is 13.8. The van der Waals surface area contributed by atoms with E-state index in [1.165, 1.54) is 0 Å². The first kappa shape index (κ1) is 21.0. The second-order valence-corrected chi connectivity index (χ2v) is 7.10. The van der Waals surface area contributed by atoms with Crippen LogP contribution in [0.4, 0.5) is 0 Å². The maximum atomic E-state index is 12.3. The highest BCUT2D eigenvalue weighted by atomic mass is 16.5. The van der Waals surface area contributed by atoms with E-state index in [1.54, 1.807) is 14.0 Å². The van der Waals surface area contributed by atoms with Crippen molar-refractivity contribution in [2.24, 2.45) is 5.92 Å². The van der Waals surface area contributed by atoms with Crippen molar-refractivity contribution in [2.45, 2.75) is 52.2 Å². The maximum absolute atomic E-state index is 12.3. The molecule has 0 aliphatic rings. The summed E-state index contributed by atoms with van der Waals surface area (Å²) in [5, 5.41) is 11.9. The lowest BCUT2D eigenvalue weighted by atomic mass is 9.99. The van der Waals surface area contributed by atoms with Crippen molar-refractivity contribution in [3.8, 4) is 5.75 Å². The van der Waals surface area contributed by atoms with Gasteiger partial charge < -0.3 is 19.9 Å². The number of carbonyl (C=O) groups is 2. The van der Waals surface area contributed by atoms with Gasteiger partial charge in [-0.1, -0.05) is 19.1 Å². The summed E-state index contributed by atoms with van der Waals surface area (Å²) in [7, 11) is 1.60. The van der Waals surface area contributed by atoms with Gasteiger partial charge in [-0.05, 0) is 44.9 Å². The Morgan fingerprint density at radius 3 is 2.28 bits per heavy atom. The smallest absolute Gasteiger partial charge is 0.326 e. The molecular weight excluding hydrogens is 322 g/mol. The van der Waals surface area contributed by atoms with Crippen molar-refractivity contribution in [1.29, 1.82) is 0 Å². The SMILES string of the molecule is COc1ccc(CC(C)C(=O)NC(CCOC(C)(C)C)C(=O)O)cc1. The van der Waals surface area contributed by atoms with E-state index in [9.17, 15) is 14.7 Å². The summed E-state index contributed by atoms with van der Waals surface area (Å²) in [6.45, 7) is 7.76. The van der Waals surface area contributed by atoms with Crippen molar-refractivity contribution in [1.82, 2.24) is 5.32 Å². The number of nitrogens with one attached hydrogen (secondary N) is 1. The molecule has 0 saturated carbocycles. The fourth-order valence-corrected chi connectivity index (χ4v) is 2.26. The first-order valence-electron chi connectivity index (χ1n) is 8.42. The minimum absolute atomic E-state index is 0.230. The summed E-state index contributed by atoms with van der Waals surface area (Å²) in [6.07, 6.45) is 0.758. The molecule has 140 valence electrons. The number of carbonyl (C=O) groups excluding carboxylic acids is 1. The zero-order valence-corrected chi connectivity index (χ0v) is 15.7. The standard InChI is InChI=1S/C19H29NO5/c1-13(12-14-6-8-15(24-5)9-7-14)17(21)20-16(18(22)23)10-11-25-19(2,3)4/h6-9,13,16H,10-12H2,1-5H3,(H,20,21)(H,22,23). The third kappa shape index (κ3) is 8.03. The Hall–Kier alpha value is -2.08. The minimum atomic E-state index is -1.05. The van der Waals surface area contributed by atoms with Gasteiger partial charge in [-0.25, -0.2) is 4.79 Å². The van der Waals surface area contributed by atoms with E-state index in [-0.39, 0.29) is 30.5 Å². The van der Waals surface area contributed by atoms with Crippen LogP contribution in [0.2, 0.25) is 0 Å². The van der Waals surface area contributed by atoms with Crippen LogP contribution in [-0.2, 0) is 20.7 Å². The Morgan fingerprint density at radius 1 is 1.20 bits per heavy atom. The van der Waals surface area contributed by atoms with E-state index >= 15 is 0 Å². The van der Waals surface area contributed by atoms with Crippen LogP contribution in [0.1, 0.15) is 39.7 Å². The van der Waals surface area contributed by atoms with Crippen LogP contribution in [0.25, 0.3) is 0 Å². The van der Waals surface area contributed by atoms with Crippen molar-refractivity contribution < 1.29 is 24.2 Å². The average Bonchev–Trinajstić information content (AvgIpc) is 2.53. The van der Waals surface area contributed by atoms with Gasteiger partial charge in [0.2, 0.25) is 5.91 Å². The van der Waals surface area contributed by atoms with Gasteiger partial charge >= 0.3 is 5.97 Å². The molecule has 0 aromatic heterocycles. The molecule has 25 heavy (non-hydrogen) atoms. The topological polar surface area (TPSA) is 84.9 Å². The van der Waals surface area contributed by atoms with Crippen LogP contribution in [-0.4, -0.2) is 42.3 Å². The van der Waals surface area contributed by atoms with Crippen LogP contribution in [0, 0.1) is 5.92 Å². The number of methoxy groups -OCH3 is 1. The van der Waals surface area contributed by atoms with Gasteiger partial charge in [0.15, 0.2) is 0 Å². The first-order chi connectivity index (χ1) is 11.6. The molecule has 0 heterocycles. The fraction of sp³-hybridized carbons (Fsp3) is 0.579. The van der Waals surface area contributed by atoms with Crippen molar-refractivity contribution in [2.75, 3.05) is 13.7 Å². The van der Waals surface area contributed by atoms with E-state index in [0.717, 1.165) is 11.3 Å². The number of hydrogen-bond acceptors (Lipinski definition) is 4. The maximum Gasteiger partial charge on any atom is 0.326 e. The summed E-state index contributed by atoms with van der Waals surface area (Å²) in [6, 6.07) is 6.52. The van der Waals surface area contributed by atoms with Crippen LogP contribution in [0.15, 0.2) is 24.3 Å². The lowest BCUT2D eigenvalue weighted by Crippen LogP contribution is -2.44. The average molecular weight is 351 g/mol. The lowest BCUT2D eigenvalue weighted by molar-refractivity contribution is -0.143. The summed E-state index contributed by atoms with van der Waals surface area (Å²) in [5.41, 5.74) is 0.653. The number of carboxylic acids is 1. The first-order valence-corrected chi connectivity index (χ1v) is 8.42. The summed E-state index contributed by atoms with van der Waals surface area (Å²) in [4.78, 5) is 23.7. The van der Waals surface area contributed by atoms with Gasteiger partial charge in [0.25, 0.3) is 0 Å². The molecule has 6 heteroatoms. The summed E-state index contributed by atoms with van der Waals surface area (Å²) in [5.74, 6) is -0.911. The minimum Gasteiger partial charge on any atom is -0.497 e. The Bertz CT molecular complexity index is 562.